The molecule has 5 unspecified atom stereocenters. The molecule has 0 heterocycles. The van der Waals surface area contributed by atoms with Crippen molar-refractivity contribution in [3.63, 3.8) is 0 Å². The number of hydrogen-bond acceptors (Lipinski definition) is 9. The number of amides is 1. The number of rotatable bonds is 7. The van der Waals surface area contributed by atoms with Gasteiger partial charge in [0.05, 0.1) is 11.6 Å². The van der Waals surface area contributed by atoms with Crippen molar-refractivity contribution in [2.45, 2.75) is 51.3 Å². The van der Waals surface area contributed by atoms with Gasteiger partial charge in [-0.2, -0.15) is 0 Å². The molecule has 1 aromatic rings. The van der Waals surface area contributed by atoms with E-state index in [1.54, 1.807) is 20.2 Å². The molecule has 10 heteroatoms. The highest BCUT2D eigenvalue weighted by Crippen LogP contribution is 2.52. The predicted octanol–water partition coefficient (Wildman–Crippen LogP) is 1.10. The van der Waals surface area contributed by atoms with Crippen molar-refractivity contribution in [3.05, 3.63) is 45.7 Å². The highest BCUT2D eigenvalue weighted by atomic mass is 16.3. The number of phenolic OH excluding ortho intramolecular Hbond substituents is 1. The number of nitrogens with one attached hydrogen (secondary N) is 1. The zero-order valence-corrected chi connectivity index (χ0v) is 21.5. The SMILES string of the molecule is CCC(C)CNCc1ccc(O)c2c1CC1CC3C(N(C)C)C(=O)C(C(N)=O)=C(O)C3(O)C(=O)C1=C2O. The number of hydrogen-bond donors (Lipinski definition) is 6. The Morgan fingerprint density at radius 2 is 1.92 bits per heavy atom. The van der Waals surface area contributed by atoms with Gasteiger partial charge in [0, 0.05) is 18.0 Å². The Kier molecular flexibility index (Phi) is 6.96. The Morgan fingerprint density at radius 1 is 1.24 bits per heavy atom. The van der Waals surface area contributed by atoms with E-state index in [1.165, 1.54) is 11.0 Å². The van der Waals surface area contributed by atoms with Gasteiger partial charge in [-0.15, -0.1) is 0 Å². The second-order valence-electron chi connectivity index (χ2n) is 10.7. The van der Waals surface area contributed by atoms with Gasteiger partial charge in [-0.05, 0) is 62.5 Å². The number of likely N-dealkylation sites (N-methyl/N-ethyl adjacent to an activating group) is 1. The fraction of sp³-hybridized carbons (Fsp3) is 0.519. The minimum Gasteiger partial charge on any atom is -0.508 e. The molecule has 1 saturated carbocycles. The minimum atomic E-state index is -2.63. The number of carbonyl (C=O) groups is 3. The molecular formula is C27H35N3O7. The fourth-order valence-corrected chi connectivity index (χ4v) is 6.07. The van der Waals surface area contributed by atoms with E-state index in [4.69, 9.17) is 5.73 Å². The highest BCUT2D eigenvalue weighted by Gasteiger charge is 2.64. The van der Waals surface area contributed by atoms with E-state index in [0.29, 0.717) is 18.0 Å². The smallest absolute Gasteiger partial charge is 0.255 e. The number of nitrogens with zero attached hydrogens (tertiary/aromatic N) is 1. The first-order valence-electron chi connectivity index (χ1n) is 12.5. The first-order chi connectivity index (χ1) is 17.4. The van der Waals surface area contributed by atoms with Gasteiger partial charge in [0.15, 0.2) is 11.4 Å². The first-order valence-corrected chi connectivity index (χ1v) is 12.5. The maximum atomic E-state index is 13.8. The van der Waals surface area contributed by atoms with E-state index in [2.05, 4.69) is 19.2 Å². The fourth-order valence-electron chi connectivity index (χ4n) is 6.07. The van der Waals surface area contributed by atoms with Crippen molar-refractivity contribution in [2.75, 3.05) is 20.6 Å². The van der Waals surface area contributed by atoms with Gasteiger partial charge in [-0.1, -0.05) is 26.3 Å². The lowest BCUT2D eigenvalue weighted by atomic mass is 9.57. The maximum Gasteiger partial charge on any atom is 0.255 e. The van der Waals surface area contributed by atoms with Crippen LogP contribution in [0.25, 0.3) is 5.76 Å². The molecule has 10 nitrogen and oxygen atoms in total. The standard InChI is InChI=1S/C27H35N3O7/c1-5-12(2)10-29-11-13-6-7-17(31)19-15(13)8-14-9-16-21(30(3)4)23(33)20(26(28)36)25(35)27(16,37)24(34)18(14)22(19)32/h6-7,12,14,16,21,29,31-32,35,37H,5,8-11H2,1-4H3,(H2,28,36). The van der Waals surface area contributed by atoms with E-state index in [1.807, 2.05) is 0 Å². The van der Waals surface area contributed by atoms with Gasteiger partial charge < -0.3 is 31.5 Å². The number of Topliss-reactive ketones (excluding diaryl/α,β-unsaturated/α-hetero) is 2. The summed E-state index contributed by atoms with van der Waals surface area (Å²) in [6, 6.07) is 2.13. The van der Waals surface area contributed by atoms with Crippen LogP contribution < -0.4 is 11.1 Å². The Morgan fingerprint density at radius 3 is 2.51 bits per heavy atom. The molecule has 37 heavy (non-hydrogen) atoms. The van der Waals surface area contributed by atoms with Crippen LogP contribution in [0.5, 0.6) is 5.75 Å². The number of aromatic hydroxyl groups is 1. The molecular weight excluding hydrogens is 478 g/mol. The molecule has 1 fully saturated rings. The number of carbonyl (C=O) groups excluding carboxylic acids is 3. The molecule has 7 N–H and O–H groups in total. The Balaban J connectivity index is 1.84. The molecule has 0 aliphatic heterocycles. The summed E-state index contributed by atoms with van der Waals surface area (Å²) in [6.45, 7) is 5.52. The average Bonchev–Trinajstić information content (AvgIpc) is 2.82. The van der Waals surface area contributed by atoms with Crippen LogP contribution in [0.3, 0.4) is 0 Å². The molecule has 200 valence electrons. The Bertz CT molecular complexity index is 1230. The van der Waals surface area contributed by atoms with Crippen LogP contribution in [-0.2, 0) is 27.3 Å². The van der Waals surface area contributed by atoms with E-state index < -0.39 is 58.0 Å². The van der Waals surface area contributed by atoms with Crippen molar-refractivity contribution in [1.29, 1.82) is 0 Å². The van der Waals surface area contributed by atoms with Gasteiger partial charge in [0.25, 0.3) is 5.91 Å². The molecule has 4 rings (SSSR count). The molecule has 1 aromatic carbocycles. The first kappa shape index (κ1) is 26.8. The van der Waals surface area contributed by atoms with Crippen molar-refractivity contribution < 1.29 is 34.8 Å². The van der Waals surface area contributed by atoms with Gasteiger partial charge in [0.2, 0.25) is 5.78 Å². The summed E-state index contributed by atoms with van der Waals surface area (Å²) in [5.41, 5.74) is 3.40. The lowest BCUT2D eigenvalue weighted by Crippen LogP contribution is -2.65. The number of primary amides is 1. The maximum absolute atomic E-state index is 13.8. The molecule has 3 aliphatic carbocycles. The second-order valence-corrected chi connectivity index (χ2v) is 10.7. The third-order valence-corrected chi connectivity index (χ3v) is 8.21. The lowest BCUT2D eigenvalue weighted by Gasteiger charge is -2.50. The molecule has 0 radical (unpaired) electrons. The Hall–Kier alpha value is -3.21. The van der Waals surface area contributed by atoms with Crippen molar-refractivity contribution in [2.24, 2.45) is 23.5 Å². The normalized spacial score (nSPS) is 28.2. The zero-order chi connectivity index (χ0) is 27.4. The number of aliphatic hydroxyl groups excluding tert-OH is 2. The van der Waals surface area contributed by atoms with E-state index in [9.17, 15) is 34.8 Å². The number of nitrogens with two attached hydrogens (primary N) is 1. The summed E-state index contributed by atoms with van der Waals surface area (Å²) in [6.07, 6.45) is 1.37. The van der Waals surface area contributed by atoms with Crippen LogP contribution in [0.1, 0.15) is 43.4 Å². The van der Waals surface area contributed by atoms with E-state index >= 15 is 0 Å². The monoisotopic (exact) mass is 513 g/mol. The van der Waals surface area contributed by atoms with Gasteiger partial charge in [-0.25, -0.2) is 0 Å². The van der Waals surface area contributed by atoms with E-state index in [0.717, 1.165) is 18.5 Å². The molecule has 0 spiro atoms. The summed E-state index contributed by atoms with van der Waals surface area (Å²) in [7, 11) is 3.15. The summed E-state index contributed by atoms with van der Waals surface area (Å²) in [4.78, 5) is 40.5. The summed E-state index contributed by atoms with van der Waals surface area (Å²) >= 11 is 0. The summed E-state index contributed by atoms with van der Waals surface area (Å²) in [5.74, 6) is -6.00. The predicted molar refractivity (Wildman–Crippen MR) is 135 cm³/mol. The Labute approximate surface area is 215 Å². The number of ketones is 2. The highest BCUT2D eigenvalue weighted by molar-refractivity contribution is 6.24. The minimum absolute atomic E-state index is 0.0706. The van der Waals surface area contributed by atoms with Crippen LogP contribution >= 0.6 is 0 Å². The zero-order valence-electron chi connectivity index (χ0n) is 21.5. The lowest BCUT2D eigenvalue weighted by molar-refractivity contribution is -0.153. The third-order valence-electron chi connectivity index (χ3n) is 8.21. The molecule has 5 atom stereocenters. The van der Waals surface area contributed by atoms with Crippen LogP contribution in [0.15, 0.2) is 29.0 Å². The number of benzene rings is 1. The van der Waals surface area contributed by atoms with E-state index in [-0.39, 0.29) is 29.7 Å². The largest absolute Gasteiger partial charge is 0.508 e. The number of fused-ring (bicyclic) bond motifs is 3. The van der Waals surface area contributed by atoms with Crippen LogP contribution in [0, 0.1) is 17.8 Å². The van der Waals surface area contributed by atoms with Crippen LogP contribution in [0.4, 0.5) is 0 Å². The van der Waals surface area contributed by atoms with Crippen LogP contribution in [-0.4, -0.2) is 75.1 Å². The molecule has 0 aromatic heterocycles. The summed E-state index contributed by atoms with van der Waals surface area (Å²) < 4.78 is 0. The van der Waals surface area contributed by atoms with Crippen LogP contribution in [0.2, 0.25) is 0 Å². The number of aliphatic hydroxyl groups is 3. The van der Waals surface area contributed by atoms with Gasteiger partial charge in [-0.3, -0.25) is 19.3 Å². The molecule has 3 aliphatic rings. The molecule has 0 bridgehead atoms. The van der Waals surface area contributed by atoms with Gasteiger partial charge >= 0.3 is 0 Å². The van der Waals surface area contributed by atoms with Crippen molar-refractivity contribution in [1.82, 2.24) is 10.2 Å². The summed E-state index contributed by atoms with van der Waals surface area (Å²) in [5, 5.41) is 47.8. The van der Waals surface area contributed by atoms with Crippen molar-refractivity contribution >= 4 is 23.2 Å². The topological polar surface area (TPSA) is 173 Å². The number of phenols is 1. The molecule has 1 amide bonds. The van der Waals surface area contributed by atoms with Crippen molar-refractivity contribution in [3.8, 4) is 5.75 Å². The van der Waals surface area contributed by atoms with Gasteiger partial charge in [0.1, 0.15) is 22.8 Å². The second kappa shape index (κ2) is 9.59. The average molecular weight is 514 g/mol. The molecule has 0 saturated heterocycles. The third kappa shape index (κ3) is 4.03. The quantitative estimate of drug-likeness (QED) is 0.292.